The number of nitrogens with zero attached hydrogens (tertiary/aromatic N) is 2. The van der Waals surface area contributed by atoms with Crippen LogP contribution in [0.2, 0.25) is 0 Å². The Balaban J connectivity index is 1.57. The number of benzene rings is 2. The molecule has 6 nitrogen and oxygen atoms in total. The summed E-state index contributed by atoms with van der Waals surface area (Å²) in [7, 11) is 3.24. The van der Waals surface area contributed by atoms with Crippen LogP contribution in [0, 0.1) is 6.92 Å². The van der Waals surface area contributed by atoms with E-state index in [1.807, 2.05) is 43.3 Å². The monoisotopic (exact) mass is 380 g/mol. The first kappa shape index (κ1) is 18.5. The minimum Gasteiger partial charge on any atom is -0.493 e. The molecule has 0 aliphatic carbocycles. The van der Waals surface area contributed by atoms with E-state index in [4.69, 9.17) is 9.47 Å². The van der Waals surface area contributed by atoms with Gasteiger partial charge in [0.25, 0.3) is 5.91 Å². The Labute approximate surface area is 164 Å². The third kappa shape index (κ3) is 3.14. The lowest BCUT2D eigenvalue weighted by Crippen LogP contribution is -2.44. The number of imide groups is 1. The van der Waals surface area contributed by atoms with Crippen LogP contribution in [0.5, 0.6) is 11.5 Å². The van der Waals surface area contributed by atoms with E-state index in [-0.39, 0.29) is 18.2 Å². The van der Waals surface area contributed by atoms with E-state index in [1.54, 1.807) is 14.2 Å². The van der Waals surface area contributed by atoms with Crippen molar-refractivity contribution in [2.75, 3.05) is 25.7 Å². The van der Waals surface area contributed by atoms with Crippen molar-refractivity contribution in [3.8, 4) is 11.5 Å². The molecule has 0 spiro atoms. The maximum atomic E-state index is 13.1. The predicted octanol–water partition coefficient (Wildman–Crippen LogP) is 2.70. The van der Waals surface area contributed by atoms with E-state index in [2.05, 4.69) is 4.90 Å². The Morgan fingerprint density at radius 1 is 0.964 bits per heavy atom. The average Bonchev–Trinajstić information content (AvgIpc) is 3.01. The number of fused-ring (bicyclic) bond motifs is 1. The largest absolute Gasteiger partial charge is 0.493 e. The number of anilines is 1. The number of rotatable bonds is 4. The molecule has 146 valence electrons. The molecule has 0 radical (unpaired) electrons. The fourth-order valence-corrected chi connectivity index (χ4v) is 4.04. The quantitative estimate of drug-likeness (QED) is 0.764. The fraction of sp³-hybridized carbons (Fsp3) is 0.364. The second-order valence-electron chi connectivity index (χ2n) is 7.32. The van der Waals surface area contributed by atoms with E-state index >= 15 is 0 Å². The van der Waals surface area contributed by atoms with Crippen LogP contribution in [0.15, 0.2) is 36.4 Å². The van der Waals surface area contributed by atoms with Gasteiger partial charge in [-0.05, 0) is 48.7 Å². The number of ether oxygens (including phenoxy) is 2. The summed E-state index contributed by atoms with van der Waals surface area (Å²) in [6.45, 7) is 3.32. The molecule has 2 heterocycles. The number of hydrogen-bond acceptors (Lipinski definition) is 5. The molecule has 0 bridgehead atoms. The van der Waals surface area contributed by atoms with E-state index < -0.39 is 6.04 Å². The number of carbonyl (C=O) groups is 2. The van der Waals surface area contributed by atoms with E-state index in [1.165, 1.54) is 10.5 Å². The molecule has 1 atom stereocenters. The van der Waals surface area contributed by atoms with Gasteiger partial charge in [0.2, 0.25) is 5.91 Å². The summed E-state index contributed by atoms with van der Waals surface area (Å²) in [5, 5.41) is 0. The molecule has 2 aliphatic rings. The number of aryl methyl sites for hydroxylation is 1. The summed E-state index contributed by atoms with van der Waals surface area (Å²) in [5.41, 5.74) is 4.04. The summed E-state index contributed by atoms with van der Waals surface area (Å²) >= 11 is 0. The van der Waals surface area contributed by atoms with Crippen molar-refractivity contribution in [1.82, 2.24) is 4.90 Å². The second-order valence-corrected chi connectivity index (χ2v) is 7.32. The van der Waals surface area contributed by atoms with Crippen molar-refractivity contribution in [3.05, 3.63) is 53.1 Å². The summed E-state index contributed by atoms with van der Waals surface area (Å²) in [6, 6.07) is 11.0. The normalized spacial score (nSPS) is 19.7. The standard InChI is InChI=1S/C22H24N2O4/c1-14-4-6-17(7-5-14)24-21(25)12-18(22(24)26)23-9-8-15-10-19(27-2)20(28-3)11-16(15)13-23/h4-7,10-11,18H,8-9,12-13H2,1-3H3/t18-/m0/s1. The maximum absolute atomic E-state index is 13.1. The van der Waals surface area contributed by atoms with Gasteiger partial charge in [0, 0.05) is 13.1 Å². The molecular formula is C22H24N2O4. The number of amides is 2. The fourth-order valence-electron chi connectivity index (χ4n) is 4.04. The highest BCUT2D eigenvalue weighted by atomic mass is 16.5. The van der Waals surface area contributed by atoms with Crippen LogP contribution < -0.4 is 14.4 Å². The van der Waals surface area contributed by atoms with Crippen LogP contribution >= 0.6 is 0 Å². The Morgan fingerprint density at radius 2 is 1.61 bits per heavy atom. The van der Waals surface area contributed by atoms with Gasteiger partial charge >= 0.3 is 0 Å². The third-order valence-electron chi connectivity index (χ3n) is 5.60. The maximum Gasteiger partial charge on any atom is 0.251 e. The lowest BCUT2D eigenvalue weighted by molar-refractivity contribution is -0.123. The molecule has 4 rings (SSSR count). The van der Waals surface area contributed by atoms with Crippen LogP contribution in [0.25, 0.3) is 0 Å². The predicted molar refractivity (Wildman–Crippen MR) is 106 cm³/mol. The van der Waals surface area contributed by atoms with Gasteiger partial charge in [-0.15, -0.1) is 0 Å². The van der Waals surface area contributed by atoms with Gasteiger partial charge in [0.15, 0.2) is 11.5 Å². The molecule has 0 N–H and O–H groups in total. The Morgan fingerprint density at radius 3 is 2.25 bits per heavy atom. The van der Waals surface area contributed by atoms with E-state index in [0.29, 0.717) is 23.7 Å². The van der Waals surface area contributed by atoms with Crippen molar-refractivity contribution in [2.45, 2.75) is 32.4 Å². The zero-order valence-electron chi connectivity index (χ0n) is 16.4. The Kier molecular flexibility index (Phi) is 4.81. The highest BCUT2D eigenvalue weighted by Gasteiger charge is 2.43. The first-order chi connectivity index (χ1) is 13.5. The number of methoxy groups -OCH3 is 2. The van der Waals surface area contributed by atoms with Gasteiger partial charge in [-0.1, -0.05) is 17.7 Å². The smallest absolute Gasteiger partial charge is 0.251 e. The molecule has 1 saturated heterocycles. The molecule has 0 saturated carbocycles. The SMILES string of the molecule is COc1cc2c(cc1OC)CN([C@H]1CC(=O)N(c3ccc(C)cc3)C1=O)CC2. The average molecular weight is 380 g/mol. The van der Waals surface area contributed by atoms with E-state index in [0.717, 1.165) is 24.1 Å². The molecule has 2 amide bonds. The molecule has 1 fully saturated rings. The number of carbonyl (C=O) groups excluding carboxylic acids is 2. The van der Waals surface area contributed by atoms with Gasteiger partial charge in [0.1, 0.15) is 0 Å². The van der Waals surface area contributed by atoms with Crippen LogP contribution in [0.1, 0.15) is 23.1 Å². The van der Waals surface area contributed by atoms with Gasteiger partial charge in [-0.2, -0.15) is 0 Å². The molecule has 6 heteroatoms. The molecule has 2 aromatic rings. The Hall–Kier alpha value is -2.86. The highest BCUT2D eigenvalue weighted by molar-refractivity contribution is 6.22. The summed E-state index contributed by atoms with van der Waals surface area (Å²) < 4.78 is 10.8. The number of hydrogen-bond donors (Lipinski definition) is 0. The first-order valence-electron chi connectivity index (χ1n) is 9.43. The zero-order valence-corrected chi connectivity index (χ0v) is 16.4. The minimum atomic E-state index is -0.421. The third-order valence-corrected chi connectivity index (χ3v) is 5.60. The van der Waals surface area contributed by atoms with Crippen molar-refractivity contribution in [3.63, 3.8) is 0 Å². The molecular weight excluding hydrogens is 356 g/mol. The lowest BCUT2D eigenvalue weighted by Gasteiger charge is -2.32. The van der Waals surface area contributed by atoms with Crippen LogP contribution in [0.4, 0.5) is 5.69 Å². The van der Waals surface area contributed by atoms with E-state index in [9.17, 15) is 9.59 Å². The zero-order chi connectivity index (χ0) is 19.8. The topological polar surface area (TPSA) is 59.1 Å². The summed E-state index contributed by atoms with van der Waals surface area (Å²) in [5.74, 6) is 1.11. The van der Waals surface area contributed by atoms with Crippen LogP contribution in [-0.4, -0.2) is 43.5 Å². The highest BCUT2D eigenvalue weighted by Crippen LogP contribution is 2.35. The Bertz CT molecular complexity index is 923. The lowest BCUT2D eigenvalue weighted by atomic mass is 9.97. The molecule has 2 aliphatic heterocycles. The first-order valence-corrected chi connectivity index (χ1v) is 9.43. The van der Waals surface area contributed by atoms with Gasteiger partial charge in [-0.3, -0.25) is 14.5 Å². The van der Waals surface area contributed by atoms with Crippen molar-refractivity contribution < 1.29 is 19.1 Å². The van der Waals surface area contributed by atoms with Crippen molar-refractivity contribution in [2.24, 2.45) is 0 Å². The van der Waals surface area contributed by atoms with Gasteiger partial charge in [0.05, 0.1) is 32.4 Å². The van der Waals surface area contributed by atoms with Gasteiger partial charge in [-0.25, -0.2) is 4.90 Å². The second kappa shape index (κ2) is 7.28. The van der Waals surface area contributed by atoms with Gasteiger partial charge < -0.3 is 9.47 Å². The molecule has 2 aromatic carbocycles. The van der Waals surface area contributed by atoms with Crippen LogP contribution in [-0.2, 0) is 22.6 Å². The van der Waals surface area contributed by atoms with Crippen LogP contribution in [0.3, 0.4) is 0 Å². The summed E-state index contributed by atoms with van der Waals surface area (Å²) in [6.07, 6.45) is 1.02. The molecule has 0 aromatic heterocycles. The molecule has 28 heavy (non-hydrogen) atoms. The van der Waals surface area contributed by atoms with Crippen molar-refractivity contribution in [1.29, 1.82) is 0 Å². The molecule has 0 unspecified atom stereocenters. The minimum absolute atomic E-state index is 0.141. The van der Waals surface area contributed by atoms with Crippen molar-refractivity contribution >= 4 is 17.5 Å². The summed E-state index contributed by atoms with van der Waals surface area (Å²) in [4.78, 5) is 29.1.